The summed E-state index contributed by atoms with van der Waals surface area (Å²) in [5, 5.41) is 2.84. The Morgan fingerprint density at radius 1 is 1.09 bits per heavy atom. The van der Waals surface area contributed by atoms with E-state index in [0.717, 1.165) is 11.4 Å². The molecule has 0 aliphatic carbocycles. The Balaban J connectivity index is 1.69. The van der Waals surface area contributed by atoms with Crippen molar-refractivity contribution in [3.63, 3.8) is 0 Å². The van der Waals surface area contributed by atoms with Crippen molar-refractivity contribution in [2.45, 2.75) is 46.3 Å². The third-order valence-corrected chi connectivity index (χ3v) is 4.80. The summed E-state index contributed by atoms with van der Waals surface area (Å²) in [5.41, 5.74) is 1.03. The number of carbonyl (C=O) groups excluding carboxylic acids is 2. The van der Waals surface area contributed by atoms with Crippen LogP contribution >= 0.6 is 0 Å². The fraction of sp³-hybridized carbons (Fsp3) is 0.333. The number of amides is 2. The van der Waals surface area contributed by atoms with Crippen molar-refractivity contribution in [2.24, 2.45) is 0 Å². The van der Waals surface area contributed by atoms with Gasteiger partial charge in [0.25, 0.3) is 0 Å². The molecular weight excluding hydrogens is 406 g/mol. The van der Waals surface area contributed by atoms with Crippen molar-refractivity contribution in [3.8, 4) is 0 Å². The SMILES string of the molecule is Cc1nccn1[C@@H](C)c1ccc(NC(=O)CN(C(=O)OC(C)(C)C)c2ccccn2)cc1. The Hall–Kier alpha value is -3.68. The lowest BCUT2D eigenvalue weighted by atomic mass is 10.1. The maximum Gasteiger partial charge on any atom is 0.416 e. The van der Waals surface area contributed by atoms with E-state index in [9.17, 15) is 9.59 Å². The Bertz CT molecular complexity index is 1060. The minimum Gasteiger partial charge on any atom is -0.443 e. The molecule has 8 nitrogen and oxygen atoms in total. The number of carbonyl (C=O) groups is 2. The molecule has 3 aromatic rings. The van der Waals surface area contributed by atoms with Crippen LogP contribution in [0.4, 0.5) is 16.3 Å². The van der Waals surface area contributed by atoms with Gasteiger partial charge in [0, 0.05) is 24.3 Å². The number of hydrogen-bond donors (Lipinski definition) is 1. The molecule has 0 saturated heterocycles. The standard InChI is InChI=1S/C24H29N5O3/c1-17(28-15-14-25-18(28)2)19-9-11-20(12-10-19)27-22(30)16-29(21-8-6-7-13-26-21)23(31)32-24(3,4)5/h6-15,17H,16H2,1-5H3,(H,27,30)/t17-/m0/s1. The van der Waals surface area contributed by atoms with E-state index < -0.39 is 11.7 Å². The number of pyridine rings is 1. The zero-order valence-corrected chi connectivity index (χ0v) is 19.1. The van der Waals surface area contributed by atoms with Gasteiger partial charge in [-0.1, -0.05) is 18.2 Å². The molecule has 0 bridgehead atoms. The highest BCUT2D eigenvalue weighted by Gasteiger charge is 2.26. The lowest BCUT2D eigenvalue weighted by molar-refractivity contribution is -0.115. The van der Waals surface area contributed by atoms with Crippen molar-refractivity contribution in [1.82, 2.24) is 14.5 Å². The molecule has 3 rings (SSSR count). The average Bonchev–Trinajstić information content (AvgIpc) is 3.17. The zero-order valence-electron chi connectivity index (χ0n) is 19.1. The molecule has 0 radical (unpaired) electrons. The van der Waals surface area contributed by atoms with Crippen LogP contribution in [0.5, 0.6) is 0 Å². The largest absolute Gasteiger partial charge is 0.443 e. The smallest absolute Gasteiger partial charge is 0.416 e. The van der Waals surface area contributed by atoms with Crippen LogP contribution in [0.2, 0.25) is 0 Å². The molecule has 2 heterocycles. The predicted molar refractivity (Wildman–Crippen MR) is 124 cm³/mol. The number of benzene rings is 1. The van der Waals surface area contributed by atoms with Crippen LogP contribution < -0.4 is 10.2 Å². The van der Waals surface area contributed by atoms with E-state index in [1.165, 1.54) is 4.90 Å². The first kappa shape index (κ1) is 23.0. The van der Waals surface area contributed by atoms with Gasteiger partial charge in [0.15, 0.2) is 0 Å². The minimum absolute atomic E-state index is 0.120. The molecule has 2 amide bonds. The molecule has 0 aliphatic heterocycles. The van der Waals surface area contributed by atoms with Crippen molar-refractivity contribution in [1.29, 1.82) is 0 Å². The van der Waals surface area contributed by atoms with Gasteiger partial charge in [-0.05, 0) is 64.4 Å². The quantitative estimate of drug-likeness (QED) is 0.612. The van der Waals surface area contributed by atoms with Gasteiger partial charge in [0.1, 0.15) is 23.8 Å². The number of anilines is 2. The molecule has 0 spiro atoms. The monoisotopic (exact) mass is 435 g/mol. The highest BCUT2D eigenvalue weighted by molar-refractivity contribution is 6.00. The average molecular weight is 436 g/mol. The van der Waals surface area contributed by atoms with Crippen LogP contribution in [0, 0.1) is 6.92 Å². The second kappa shape index (κ2) is 9.64. The third-order valence-electron chi connectivity index (χ3n) is 4.80. The van der Waals surface area contributed by atoms with E-state index in [0.29, 0.717) is 11.5 Å². The fourth-order valence-electron chi connectivity index (χ4n) is 3.22. The number of ether oxygens (including phenoxy) is 1. The van der Waals surface area contributed by atoms with Crippen molar-refractivity contribution >= 4 is 23.5 Å². The van der Waals surface area contributed by atoms with Crippen LogP contribution in [-0.4, -0.2) is 38.7 Å². The Morgan fingerprint density at radius 2 is 1.81 bits per heavy atom. The topological polar surface area (TPSA) is 89.4 Å². The third kappa shape index (κ3) is 5.94. The van der Waals surface area contributed by atoms with Gasteiger partial charge < -0.3 is 14.6 Å². The first-order chi connectivity index (χ1) is 15.1. The van der Waals surface area contributed by atoms with E-state index >= 15 is 0 Å². The molecule has 0 aliphatic rings. The highest BCUT2D eigenvalue weighted by Crippen LogP contribution is 2.21. The summed E-state index contributed by atoms with van der Waals surface area (Å²) in [6.07, 6.45) is 4.65. The van der Waals surface area contributed by atoms with Gasteiger partial charge in [-0.25, -0.2) is 14.8 Å². The molecule has 0 saturated carbocycles. The number of aryl methyl sites for hydroxylation is 1. The first-order valence-electron chi connectivity index (χ1n) is 10.4. The van der Waals surface area contributed by atoms with E-state index in [-0.39, 0.29) is 18.5 Å². The molecule has 0 fully saturated rings. The van der Waals surface area contributed by atoms with Crippen LogP contribution in [-0.2, 0) is 9.53 Å². The fourth-order valence-corrected chi connectivity index (χ4v) is 3.22. The Kier molecular flexibility index (Phi) is 6.92. The molecular formula is C24H29N5O3. The van der Waals surface area contributed by atoms with Gasteiger partial charge in [-0.3, -0.25) is 9.69 Å². The van der Waals surface area contributed by atoms with Gasteiger partial charge in [0.2, 0.25) is 5.91 Å². The molecule has 32 heavy (non-hydrogen) atoms. The van der Waals surface area contributed by atoms with Crippen molar-refractivity contribution in [2.75, 3.05) is 16.8 Å². The first-order valence-corrected chi connectivity index (χ1v) is 10.4. The van der Waals surface area contributed by atoms with Crippen molar-refractivity contribution < 1.29 is 14.3 Å². The number of aromatic nitrogens is 3. The number of nitrogens with one attached hydrogen (secondary N) is 1. The van der Waals surface area contributed by atoms with Crippen molar-refractivity contribution in [3.05, 3.63) is 72.4 Å². The summed E-state index contributed by atoms with van der Waals surface area (Å²) in [4.78, 5) is 35.1. The number of hydrogen-bond acceptors (Lipinski definition) is 5. The molecule has 1 atom stereocenters. The molecule has 168 valence electrons. The van der Waals surface area contributed by atoms with Crippen LogP contribution in [0.15, 0.2) is 61.1 Å². The maximum absolute atomic E-state index is 12.7. The second-order valence-electron chi connectivity index (χ2n) is 8.48. The van der Waals surface area contributed by atoms with Crippen LogP contribution in [0.25, 0.3) is 0 Å². The normalized spacial score (nSPS) is 12.2. The molecule has 1 aromatic carbocycles. The van der Waals surface area contributed by atoms with E-state index in [2.05, 4.69) is 26.8 Å². The van der Waals surface area contributed by atoms with Gasteiger partial charge in [0.05, 0.1) is 6.04 Å². The molecule has 0 unspecified atom stereocenters. The van der Waals surface area contributed by atoms with Gasteiger partial charge in [-0.15, -0.1) is 0 Å². The number of rotatable bonds is 6. The molecule has 8 heteroatoms. The maximum atomic E-state index is 12.7. The second-order valence-corrected chi connectivity index (χ2v) is 8.48. The van der Waals surface area contributed by atoms with Gasteiger partial charge in [-0.2, -0.15) is 0 Å². The number of imidazole rings is 1. The summed E-state index contributed by atoms with van der Waals surface area (Å²) < 4.78 is 7.53. The summed E-state index contributed by atoms with van der Waals surface area (Å²) in [6, 6.07) is 12.9. The summed E-state index contributed by atoms with van der Waals surface area (Å²) in [5.74, 6) is 0.927. The molecule has 2 aromatic heterocycles. The zero-order chi connectivity index (χ0) is 23.3. The lowest BCUT2D eigenvalue weighted by Gasteiger charge is -2.26. The van der Waals surface area contributed by atoms with E-state index in [1.807, 2.05) is 37.4 Å². The predicted octanol–water partition coefficient (Wildman–Crippen LogP) is 4.58. The van der Waals surface area contributed by atoms with Crippen LogP contribution in [0.3, 0.4) is 0 Å². The summed E-state index contributed by atoms with van der Waals surface area (Å²) >= 11 is 0. The van der Waals surface area contributed by atoms with E-state index in [4.69, 9.17) is 4.74 Å². The highest BCUT2D eigenvalue weighted by atomic mass is 16.6. The Morgan fingerprint density at radius 3 is 2.38 bits per heavy atom. The summed E-state index contributed by atoms with van der Waals surface area (Å²) in [7, 11) is 0. The molecule has 1 N–H and O–H groups in total. The number of nitrogens with zero attached hydrogens (tertiary/aromatic N) is 4. The summed E-state index contributed by atoms with van der Waals surface area (Å²) in [6.45, 7) is 9.15. The van der Waals surface area contributed by atoms with E-state index in [1.54, 1.807) is 51.4 Å². The Labute approximate surface area is 188 Å². The van der Waals surface area contributed by atoms with Crippen LogP contribution in [0.1, 0.15) is 45.1 Å². The minimum atomic E-state index is -0.694. The van der Waals surface area contributed by atoms with Gasteiger partial charge >= 0.3 is 6.09 Å². The lowest BCUT2D eigenvalue weighted by Crippen LogP contribution is -2.42.